The van der Waals surface area contributed by atoms with Crippen molar-refractivity contribution in [2.45, 2.75) is 12.8 Å². The second-order valence-corrected chi connectivity index (χ2v) is 3.37. The Morgan fingerprint density at radius 2 is 2.20 bits per heavy atom. The molecule has 0 atom stereocenters. The molecular weight excluding hydrogens is 219 g/mol. The van der Waals surface area contributed by atoms with Gasteiger partial charge in [-0.05, 0) is 24.6 Å². The van der Waals surface area contributed by atoms with Crippen LogP contribution >= 0.6 is 11.6 Å². The molecule has 78 valence electrons. The smallest absolute Gasteiger partial charge is 0.247 e. The molecule has 1 heterocycles. The highest BCUT2D eigenvalue weighted by Crippen LogP contribution is 2.20. The molecule has 0 bridgehead atoms. The summed E-state index contributed by atoms with van der Waals surface area (Å²) in [6.07, 6.45) is 0. The fraction of sp³-hybridized carbons (Fsp3) is 0.200. The maximum absolute atomic E-state index is 13.2. The number of hydrogen-bond donors (Lipinski definition) is 0. The molecule has 3 nitrogen and oxygen atoms in total. The molecule has 0 spiro atoms. The molecule has 1 aromatic carbocycles. The number of benzene rings is 1. The van der Waals surface area contributed by atoms with E-state index < -0.39 is 0 Å². The molecule has 0 amide bonds. The van der Waals surface area contributed by atoms with E-state index in [-0.39, 0.29) is 17.6 Å². The summed E-state index contributed by atoms with van der Waals surface area (Å²) in [4.78, 5) is 0. The third-order valence-electron chi connectivity index (χ3n) is 2.00. The van der Waals surface area contributed by atoms with Gasteiger partial charge in [-0.25, -0.2) is 4.39 Å². The second-order valence-electron chi connectivity index (χ2n) is 3.10. The zero-order valence-corrected chi connectivity index (χ0v) is 8.75. The van der Waals surface area contributed by atoms with Crippen LogP contribution in [0.4, 0.5) is 4.39 Å². The minimum atomic E-state index is -0.293. The highest BCUT2D eigenvalue weighted by molar-refractivity contribution is 6.16. The average molecular weight is 227 g/mol. The highest BCUT2D eigenvalue weighted by atomic mass is 35.5. The zero-order chi connectivity index (χ0) is 10.8. The molecule has 0 unspecified atom stereocenters. The standard InChI is InChI=1S/C10H8ClFN2O/c1-6-2-3-7(4-8(6)12)10-14-13-9(5-11)15-10/h2-4H,5H2,1H3. The fourth-order valence-corrected chi connectivity index (χ4v) is 1.26. The van der Waals surface area contributed by atoms with E-state index >= 15 is 0 Å². The Bertz CT molecular complexity index is 484. The first-order valence-corrected chi connectivity index (χ1v) is 4.89. The van der Waals surface area contributed by atoms with Gasteiger partial charge < -0.3 is 4.42 Å². The number of alkyl halides is 1. The first-order valence-electron chi connectivity index (χ1n) is 4.35. The number of aromatic nitrogens is 2. The van der Waals surface area contributed by atoms with E-state index in [1.165, 1.54) is 6.07 Å². The van der Waals surface area contributed by atoms with Crippen molar-refractivity contribution in [1.82, 2.24) is 10.2 Å². The van der Waals surface area contributed by atoms with Crippen LogP contribution in [0.15, 0.2) is 22.6 Å². The molecule has 0 aliphatic carbocycles. The van der Waals surface area contributed by atoms with Crippen molar-refractivity contribution in [2.75, 3.05) is 0 Å². The van der Waals surface area contributed by atoms with Crippen LogP contribution in [0.3, 0.4) is 0 Å². The lowest BCUT2D eigenvalue weighted by molar-refractivity contribution is 0.526. The zero-order valence-electron chi connectivity index (χ0n) is 8.00. The molecule has 0 N–H and O–H groups in total. The fourth-order valence-electron chi connectivity index (χ4n) is 1.15. The Morgan fingerprint density at radius 3 is 2.80 bits per heavy atom. The SMILES string of the molecule is Cc1ccc(-c2nnc(CCl)o2)cc1F. The number of halogens is 2. The Hall–Kier alpha value is -1.42. The first-order chi connectivity index (χ1) is 7.20. The molecule has 5 heteroatoms. The lowest BCUT2D eigenvalue weighted by atomic mass is 10.1. The van der Waals surface area contributed by atoms with Gasteiger partial charge in [-0.15, -0.1) is 21.8 Å². The average Bonchev–Trinajstić information content (AvgIpc) is 2.70. The largest absolute Gasteiger partial charge is 0.419 e. The minimum absolute atomic E-state index is 0.154. The summed E-state index contributed by atoms with van der Waals surface area (Å²) in [5, 5.41) is 7.45. The molecule has 0 saturated carbocycles. The monoisotopic (exact) mass is 226 g/mol. The predicted octanol–water partition coefficient (Wildman–Crippen LogP) is 2.92. The molecule has 0 saturated heterocycles. The molecule has 0 aliphatic rings. The molecule has 0 radical (unpaired) electrons. The van der Waals surface area contributed by atoms with E-state index in [1.54, 1.807) is 19.1 Å². The molecular formula is C10H8ClFN2O. The van der Waals surface area contributed by atoms with E-state index in [2.05, 4.69) is 10.2 Å². The van der Waals surface area contributed by atoms with Gasteiger partial charge in [0.1, 0.15) is 11.7 Å². The Labute approximate surface area is 90.9 Å². The van der Waals surface area contributed by atoms with Crippen LogP contribution < -0.4 is 0 Å². The molecule has 15 heavy (non-hydrogen) atoms. The van der Waals surface area contributed by atoms with Gasteiger partial charge in [0.05, 0.1) is 0 Å². The van der Waals surface area contributed by atoms with Crippen molar-refractivity contribution in [3.8, 4) is 11.5 Å². The number of aryl methyl sites for hydroxylation is 1. The molecule has 2 aromatic rings. The third-order valence-corrected chi connectivity index (χ3v) is 2.23. The Morgan fingerprint density at radius 1 is 1.40 bits per heavy atom. The maximum atomic E-state index is 13.2. The lowest BCUT2D eigenvalue weighted by Gasteiger charge is -1.97. The van der Waals surface area contributed by atoms with Crippen LogP contribution in [0, 0.1) is 12.7 Å². The summed E-state index contributed by atoms with van der Waals surface area (Å²) < 4.78 is 18.4. The van der Waals surface area contributed by atoms with Crippen molar-refractivity contribution in [2.24, 2.45) is 0 Å². The van der Waals surface area contributed by atoms with Gasteiger partial charge in [0.25, 0.3) is 0 Å². The second kappa shape index (κ2) is 3.98. The summed E-state index contributed by atoms with van der Waals surface area (Å²) in [7, 11) is 0. The Kier molecular flexibility index (Phi) is 2.68. The van der Waals surface area contributed by atoms with Gasteiger partial charge in [-0.1, -0.05) is 6.07 Å². The van der Waals surface area contributed by atoms with Gasteiger partial charge in [0.2, 0.25) is 11.8 Å². The summed E-state index contributed by atoms with van der Waals surface area (Å²) in [5.74, 6) is 0.469. The van der Waals surface area contributed by atoms with E-state index in [0.29, 0.717) is 17.0 Å². The molecule has 2 rings (SSSR count). The van der Waals surface area contributed by atoms with Crippen LogP contribution in [-0.4, -0.2) is 10.2 Å². The summed E-state index contributed by atoms with van der Waals surface area (Å²) in [6.45, 7) is 1.69. The van der Waals surface area contributed by atoms with Gasteiger partial charge in [-0.2, -0.15) is 0 Å². The number of hydrogen-bond acceptors (Lipinski definition) is 3. The van der Waals surface area contributed by atoms with Gasteiger partial charge in [-0.3, -0.25) is 0 Å². The molecule has 0 aliphatic heterocycles. The van der Waals surface area contributed by atoms with Crippen LogP contribution in [-0.2, 0) is 5.88 Å². The van der Waals surface area contributed by atoms with Gasteiger partial charge >= 0.3 is 0 Å². The van der Waals surface area contributed by atoms with Crippen LogP contribution in [0.5, 0.6) is 0 Å². The molecule has 0 fully saturated rings. The Balaban J connectivity index is 2.40. The number of rotatable bonds is 2. The van der Waals surface area contributed by atoms with Crippen LogP contribution in [0.25, 0.3) is 11.5 Å². The number of nitrogens with zero attached hydrogens (tertiary/aromatic N) is 2. The summed E-state index contributed by atoms with van der Waals surface area (Å²) in [5.41, 5.74) is 1.14. The highest BCUT2D eigenvalue weighted by Gasteiger charge is 2.09. The van der Waals surface area contributed by atoms with E-state index in [9.17, 15) is 4.39 Å². The van der Waals surface area contributed by atoms with E-state index in [1.807, 2.05) is 0 Å². The minimum Gasteiger partial charge on any atom is -0.419 e. The normalized spacial score (nSPS) is 10.6. The van der Waals surface area contributed by atoms with Crippen LogP contribution in [0.2, 0.25) is 0 Å². The van der Waals surface area contributed by atoms with E-state index in [4.69, 9.17) is 16.0 Å². The van der Waals surface area contributed by atoms with E-state index in [0.717, 1.165) is 0 Å². The lowest BCUT2D eigenvalue weighted by Crippen LogP contribution is -1.84. The molecule has 1 aromatic heterocycles. The first kappa shape index (κ1) is 10.1. The van der Waals surface area contributed by atoms with Crippen molar-refractivity contribution in [1.29, 1.82) is 0 Å². The van der Waals surface area contributed by atoms with Crippen molar-refractivity contribution >= 4 is 11.6 Å². The van der Waals surface area contributed by atoms with Crippen molar-refractivity contribution < 1.29 is 8.81 Å². The summed E-state index contributed by atoms with van der Waals surface area (Å²) in [6, 6.07) is 4.75. The topological polar surface area (TPSA) is 38.9 Å². The van der Waals surface area contributed by atoms with Crippen molar-refractivity contribution in [3.05, 3.63) is 35.5 Å². The maximum Gasteiger partial charge on any atom is 0.247 e. The van der Waals surface area contributed by atoms with Crippen molar-refractivity contribution in [3.63, 3.8) is 0 Å². The van der Waals surface area contributed by atoms with Gasteiger partial charge in [0, 0.05) is 5.56 Å². The van der Waals surface area contributed by atoms with Gasteiger partial charge in [0.15, 0.2) is 0 Å². The predicted molar refractivity (Wildman–Crippen MR) is 54.0 cm³/mol. The quantitative estimate of drug-likeness (QED) is 0.739. The van der Waals surface area contributed by atoms with Crippen LogP contribution in [0.1, 0.15) is 11.5 Å². The third kappa shape index (κ3) is 1.99. The summed E-state index contributed by atoms with van der Waals surface area (Å²) >= 11 is 5.51.